The van der Waals surface area contributed by atoms with E-state index in [4.69, 9.17) is 4.74 Å². The van der Waals surface area contributed by atoms with Crippen molar-refractivity contribution < 1.29 is 124 Å². The summed E-state index contributed by atoms with van der Waals surface area (Å²) in [6.45, 7) is 0.101. The maximum atomic E-state index is 14.2. The van der Waals surface area contributed by atoms with Gasteiger partial charge in [-0.1, -0.05) is 127 Å². The van der Waals surface area contributed by atoms with E-state index in [1.807, 2.05) is 66.7 Å². The molecule has 0 N–H and O–H groups in total. The van der Waals surface area contributed by atoms with Gasteiger partial charge in [-0.3, -0.25) is 4.79 Å². The van der Waals surface area contributed by atoms with Gasteiger partial charge in [0.15, 0.2) is 6.20 Å². The second kappa shape index (κ2) is 23.4. The topological polar surface area (TPSA) is 60.1 Å². The predicted octanol–water partition coefficient (Wildman–Crippen LogP) is 16.0. The van der Waals surface area contributed by atoms with Crippen LogP contribution in [0.5, 0.6) is 5.75 Å². The minimum Gasteiger partial charge on any atom is -0.420 e. The number of benzene rings is 8. The number of nitrogens with zero attached hydrogens (tertiary/aromatic N) is 2. The maximum absolute atomic E-state index is 14.2. The summed E-state index contributed by atoms with van der Waals surface area (Å²) < 4.78 is 348. The molecule has 0 aliphatic heterocycles. The van der Waals surface area contributed by atoms with E-state index in [1.54, 1.807) is 22.9 Å². The zero-order valence-corrected chi connectivity index (χ0v) is 43.7. The Hall–Kier alpha value is -9.12. The van der Waals surface area contributed by atoms with Crippen molar-refractivity contribution in [2.24, 2.45) is 0 Å². The second-order valence-corrected chi connectivity index (χ2v) is 19.7. The van der Waals surface area contributed by atoms with E-state index in [0.717, 1.165) is 21.5 Å². The fourth-order valence-electron chi connectivity index (χ4n) is 9.82. The number of ketones is 1. The number of halogens is 24. The molecule has 0 aliphatic carbocycles. The van der Waals surface area contributed by atoms with E-state index in [-0.39, 0.29) is 18.0 Å². The molecular weight excluding hydrogens is 1250 g/mol. The highest BCUT2D eigenvalue weighted by Gasteiger charge is 2.47. The molecule has 0 atom stereocenters. The summed E-state index contributed by atoms with van der Waals surface area (Å²) >= 11 is 0. The summed E-state index contributed by atoms with van der Waals surface area (Å²) in [4.78, 5) is 29.7. The number of rotatable bonds is 9. The summed E-state index contributed by atoms with van der Waals surface area (Å²) in [5.74, 6) is -0.129. The second-order valence-electron chi connectivity index (χ2n) is 19.7. The highest BCUT2D eigenvalue weighted by molar-refractivity contribution is 7.20. The fourth-order valence-corrected chi connectivity index (χ4v) is 9.82. The molecule has 8 aromatic carbocycles. The Balaban J connectivity index is 0.000000267. The summed E-state index contributed by atoms with van der Waals surface area (Å²) in [5, 5.41) is 3.67. The number of ether oxygens (including phenoxy) is 1. The van der Waals surface area contributed by atoms with Crippen molar-refractivity contribution in [3.05, 3.63) is 232 Å². The summed E-state index contributed by atoms with van der Waals surface area (Å²) in [5.41, 5.74) is -29.5. The number of Topliss-reactive ketones (excluding diaryl/α,β-unsaturated/α-hetero) is 1. The van der Waals surface area contributed by atoms with E-state index in [2.05, 4.69) is 11.1 Å². The molecule has 1 heterocycles. The van der Waals surface area contributed by atoms with Gasteiger partial charge in [0.1, 0.15) is 11.9 Å². The molecule has 0 spiro atoms. The van der Waals surface area contributed by atoms with E-state index < -0.39 is 201 Å². The van der Waals surface area contributed by atoms with Crippen LogP contribution in [0.3, 0.4) is 0 Å². The van der Waals surface area contributed by atoms with Crippen LogP contribution in [0, 0.1) is 0 Å². The van der Waals surface area contributed by atoms with Crippen LogP contribution >= 0.6 is 0 Å². The average Bonchev–Trinajstić information content (AvgIpc) is 0.712. The maximum Gasteiger partial charge on any atom is 0.416 e. The van der Waals surface area contributed by atoms with Crippen LogP contribution in [0.15, 0.2) is 176 Å². The van der Waals surface area contributed by atoms with Crippen LogP contribution in [-0.2, 0) is 56.0 Å². The molecule has 0 fully saturated rings. The van der Waals surface area contributed by atoms with Crippen molar-refractivity contribution in [2.45, 2.75) is 56.0 Å². The Morgan fingerprint density at radius 1 is 0.382 bits per heavy atom. The number of carbonyl (C=O) groups excluding carboxylic acids is 2. The number of aromatic nitrogens is 2. The van der Waals surface area contributed by atoms with Gasteiger partial charge in [-0.15, -0.1) is 0 Å². The van der Waals surface area contributed by atoms with Crippen LogP contribution < -0.4 is 31.2 Å². The van der Waals surface area contributed by atoms with Gasteiger partial charge in [-0.25, -0.2) is 9.78 Å². The number of alkyl halides is 24. The van der Waals surface area contributed by atoms with Gasteiger partial charge >= 0.3 is 55.4 Å². The van der Waals surface area contributed by atoms with Crippen LogP contribution in [0.1, 0.15) is 65.4 Å². The lowest BCUT2D eigenvalue weighted by Gasteiger charge is -2.46. The van der Waals surface area contributed by atoms with Gasteiger partial charge in [0.05, 0.1) is 50.7 Å². The van der Waals surface area contributed by atoms with Crippen LogP contribution in [0.25, 0.3) is 21.5 Å². The van der Waals surface area contributed by atoms with Crippen LogP contribution in [0.4, 0.5) is 105 Å². The third kappa shape index (κ3) is 14.6. The predicted molar refractivity (Wildman–Crippen MR) is 272 cm³/mol. The lowest BCUT2D eigenvalue weighted by atomic mass is 9.12. The highest BCUT2D eigenvalue weighted by Crippen LogP contribution is 2.42. The molecular formula is C59H31BF24N2O3. The SMILES string of the molecule is FC(F)(F)c1cc([B-](c2cc(C(F)(F)F)cc(C(F)(F)F)c2)(c2cc(C(F)(F)F)cc(C(F)(F)F)c2)c2cc(C(F)(F)F)cc(C(F)(F)F)c2)cc(C(F)(F)F)c1.O=C(C[n+]1ccnc(C(=O)Oc2c3ccccc3cc3ccccc23)c1)c1ccccc1. The first-order chi connectivity index (χ1) is 40.9. The summed E-state index contributed by atoms with van der Waals surface area (Å²) in [6, 6.07) is 17.9. The largest absolute Gasteiger partial charge is 0.420 e. The van der Waals surface area contributed by atoms with Crippen LogP contribution in [-0.4, -0.2) is 22.9 Å². The molecule has 466 valence electrons. The zero-order valence-electron chi connectivity index (χ0n) is 43.7. The Labute approximate surface area is 483 Å². The van der Waals surface area contributed by atoms with Crippen molar-refractivity contribution in [1.82, 2.24) is 4.98 Å². The Kier molecular flexibility index (Phi) is 17.3. The Morgan fingerprint density at radius 3 is 0.978 bits per heavy atom. The molecule has 1 aromatic heterocycles. The summed E-state index contributed by atoms with van der Waals surface area (Å²) in [6.07, 6.45) is -50.1. The van der Waals surface area contributed by atoms with Crippen molar-refractivity contribution in [3.8, 4) is 5.75 Å². The number of carbonyl (C=O) groups is 2. The standard InChI is InChI=1S/C32H12BF24.C27H19N2O3/c34-25(35,36)13-1-14(26(37,38)39)6-21(5-13)33(22-7-15(27(40,41)42)2-16(8-22)28(43,44)45,23-9-17(29(46,47)48)3-18(10-23)30(49,50)51)24-11-19(31(52,53)54)4-20(12-24)32(55,56)57;30-25(19-8-2-1-3-9-19)18-29-15-14-28-24(17-29)27(31)32-26-22-12-6-4-10-20(22)16-21-11-5-7-13-23(21)26/h1-12H;1-17H,18H2/q-1;+1. The lowest BCUT2D eigenvalue weighted by molar-refractivity contribution is -0.683. The van der Waals surface area contributed by atoms with E-state index in [9.17, 15) is 115 Å². The first kappa shape index (κ1) is 65.9. The van der Waals surface area contributed by atoms with E-state index in [0.29, 0.717) is 11.3 Å². The van der Waals surface area contributed by atoms with Crippen molar-refractivity contribution in [1.29, 1.82) is 0 Å². The number of esters is 1. The van der Waals surface area contributed by atoms with Crippen molar-refractivity contribution >= 4 is 61.3 Å². The molecule has 0 amide bonds. The third-order valence-corrected chi connectivity index (χ3v) is 13.7. The van der Waals surface area contributed by atoms with Crippen molar-refractivity contribution in [3.63, 3.8) is 0 Å². The molecule has 30 heteroatoms. The molecule has 89 heavy (non-hydrogen) atoms. The first-order valence-corrected chi connectivity index (χ1v) is 24.9. The quantitative estimate of drug-likeness (QED) is 0.0275. The van der Waals surface area contributed by atoms with Crippen molar-refractivity contribution in [2.75, 3.05) is 0 Å². The molecule has 0 unspecified atom stereocenters. The third-order valence-electron chi connectivity index (χ3n) is 13.7. The smallest absolute Gasteiger partial charge is 0.416 e. The molecule has 0 bridgehead atoms. The monoisotopic (exact) mass is 1280 g/mol. The van der Waals surface area contributed by atoms with Gasteiger partial charge in [0, 0.05) is 16.3 Å². The number of fused-ring (bicyclic) bond motifs is 2. The molecule has 0 saturated heterocycles. The van der Waals surface area contributed by atoms with Gasteiger partial charge in [0.2, 0.25) is 24.2 Å². The van der Waals surface area contributed by atoms with Gasteiger partial charge in [0.25, 0.3) is 0 Å². The minimum absolute atomic E-state index is 0.0545. The molecule has 0 aliphatic rings. The fraction of sp³-hybridized carbons (Fsp3) is 0.153. The van der Waals surface area contributed by atoms with E-state index in [1.165, 1.54) is 12.4 Å². The number of hydrogen-bond acceptors (Lipinski definition) is 4. The molecule has 0 radical (unpaired) electrons. The Bertz CT molecular complexity index is 3650. The van der Waals surface area contributed by atoms with E-state index >= 15 is 0 Å². The Morgan fingerprint density at radius 2 is 0.674 bits per heavy atom. The van der Waals surface area contributed by atoms with Crippen LogP contribution in [0.2, 0.25) is 0 Å². The molecule has 9 rings (SSSR count). The van der Waals surface area contributed by atoms with Gasteiger partial charge in [-0.05, 0) is 41.1 Å². The highest BCUT2D eigenvalue weighted by atomic mass is 19.4. The minimum atomic E-state index is -6.13. The first-order valence-electron chi connectivity index (χ1n) is 24.9. The number of hydrogen-bond donors (Lipinski definition) is 0. The van der Waals surface area contributed by atoms with Gasteiger partial charge < -0.3 is 4.74 Å². The average molecular weight is 1280 g/mol. The zero-order chi connectivity index (χ0) is 65.8. The molecule has 0 saturated carbocycles. The van der Waals surface area contributed by atoms with Gasteiger partial charge in [-0.2, -0.15) is 132 Å². The lowest BCUT2D eigenvalue weighted by Crippen LogP contribution is -2.75. The normalized spacial score (nSPS) is 13.1. The molecule has 5 nitrogen and oxygen atoms in total. The summed E-state index contributed by atoms with van der Waals surface area (Å²) in [7, 11) is 0. The molecule has 9 aromatic rings.